The van der Waals surface area contributed by atoms with Gasteiger partial charge >= 0.3 is 11.9 Å². The summed E-state index contributed by atoms with van der Waals surface area (Å²) in [6, 6.07) is 14.6. The summed E-state index contributed by atoms with van der Waals surface area (Å²) in [5, 5.41) is 0. The van der Waals surface area contributed by atoms with Crippen LogP contribution in [0.25, 0.3) is 6.08 Å². The molecule has 0 unspecified atom stereocenters. The molecule has 0 radical (unpaired) electrons. The smallest absolute Gasteiger partial charge is 0.343 e. The molecule has 28 heavy (non-hydrogen) atoms. The van der Waals surface area contributed by atoms with Crippen molar-refractivity contribution in [3.8, 4) is 17.2 Å². The van der Waals surface area contributed by atoms with Gasteiger partial charge in [-0.2, -0.15) is 0 Å². The van der Waals surface area contributed by atoms with Crippen LogP contribution in [0.1, 0.15) is 5.56 Å². The number of carbonyl (C=O) groups is 2. The predicted octanol–water partition coefficient (Wildman–Crippen LogP) is 2.88. The molecular weight excluding hydrogens is 364 g/mol. The van der Waals surface area contributed by atoms with Crippen molar-refractivity contribution in [2.24, 2.45) is 0 Å². The molecule has 0 fully saturated rings. The van der Waals surface area contributed by atoms with E-state index in [-0.39, 0.29) is 13.2 Å². The van der Waals surface area contributed by atoms with Crippen LogP contribution in [0.2, 0.25) is 0 Å². The highest BCUT2D eigenvalue weighted by atomic mass is 16.6. The van der Waals surface area contributed by atoms with Crippen LogP contribution in [0.4, 0.5) is 0 Å². The van der Waals surface area contributed by atoms with Crippen molar-refractivity contribution in [1.82, 2.24) is 0 Å². The van der Waals surface area contributed by atoms with Gasteiger partial charge in [0.15, 0.2) is 13.2 Å². The first-order valence-corrected chi connectivity index (χ1v) is 8.49. The van der Waals surface area contributed by atoms with E-state index >= 15 is 0 Å². The number of methoxy groups -OCH3 is 2. The normalized spacial score (nSPS) is 10.4. The topological polar surface area (TPSA) is 80.3 Å². The van der Waals surface area contributed by atoms with Gasteiger partial charge in [-0.15, -0.1) is 0 Å². The monoisotopic (exact) mass is 386 g/mol. The highest BCUT2D eigenvalue weighted by molar-refractivity contribution is 5.71. The Morgan fingerprint density at radius 3 is 1.79 bits per heavy atom. The van der Waals surface area contributed by atoms with E-state index in [0.29, 0.717) is 23.9 Å². The molecule has 0 aromatic heterocycles. The van der Waals surface area contributed by atoms with Crippen molar-refractivity contribution in [3.05, 3.63) is 60.2 Å². The van der Waals surface area contributed by atoms with Gasteiger partial charge in [0, 0.05) is 18.2 Å². The van der Waals surface area contributed by atoms with Gasteiger partial charge in [-0.1, -0.05) is 36.4 Å². The summed E-state index contributed by atoms with van der Waals surface area (Å²) >= 11 is 0. The third-order valence-corrected chi connectivity index (χ3v) is 3.48. The van der Waals surface area contributed by atoms with Gasteiger partial charge in [0.1, 0.15) is 23.9 Å². The number of ether oxygens (including phenoxy) is 5. The number of benzene rings is 2. The largest absolute Gasteiger partial charge is 0.489 e. The number of carbonyl (C=O) groups excluding carboxylic acids is 2. The maximum atomic E-state index is 11.3. The SMILES string of the molecule is COC(=O)COc1cc(OCC=Cc2ccccc2)cc(OCC(=O)OC)c1. The van der Waals surface area contributed by atoms with Crippen molar-refractivity contribution >= 4 is 18.0 Å². The van der Waals surface area contributed by atoms with Crippen LogP contribution in [0.15, 0.2) is 54.6 Å². The molecule has 0 saturated carbocycles. The summed E-state index contributed by atoms with van der Waals surface area (Å²) in [6.07, 6.45) is 3.80. The molecule has 0 aliphatic carbocycles. The number of hydrogen-bond acceptors (Lipinski definition) is 7. The van der Waals surface area contributed by atoms with E-state index < -0.39 is 11.9 Å². The molecule has 7 heteroatoms. The third-order valence-electron chi connectivity index (χ3n) is 3.48. The second-order valence-electron chi connectivity index (χ2n) is 5.49. The number of esters is 2. The highest BCUT2D eigenvalue weighted by Gasteiger charge is 2.09. The second kappa shape index (κ2) is 11.3. The summed E-state index contributed by atoms with van der Waals surface area (Å²) < 4.78 is 25.6. The third kappa shape index (κ3) is 7.41. The Labute approximate surface area is 163 Å². The van der Waals surface area contributed by atoms with Crippen LogP contribution in [0.3, 0.4) is 0 Å². The van der Waals surface area contributed by atoms with Crippen molar-refractivity contribution < 1.29 is 33.3 Å². The van der Waals surface area contributed by atoms with Crippen molar-refractivity contribution in [1.29, 1.82) is 0 Å². The van der Waals surface area contributed by atoms with Crippen LogP contribution < -0.4 is 14.2 Å². The predicted molar refractivity (Wildman–Crippen MR) is 102 cm³/mol. The molecule has 0 heterocycles. The van der Waals surface area contributed by atoms with Crippen LogP contribution in [-0.4, -0.2) is 46.0 Å². The summed E-state index contributed by atoms with van der Waals surface area (Å²) in [5.41, 5.74) is 1.06. The van der Waals surface area contributed by atoms with Gasteiger partial charge < -0.3 is 23.7 Å². The minimum atomic E-state index is -0.519. The van der Waals surface area contributed by atoms with E-state index in [9.17, 15) is 9.59 Å². The lowest BCUT2D eigenvalue weighted by Gasteiger charge is -2.12. The lowest BCUT2D eigenvalue weighted by atomic mass is 10.2. The van der Waals surface area contributed by atoms with Crippen LogP contribution >= 0.6 is 0 Å². The maximum absolute atomic E-state index is 11.3. The van der Waals surface area contributed by atoms with Gasteiger partial charge in [-0.05, 0) is 11.6 Å². The summed E-state index contributed by atoms with van der Waals surface area (Å²) in [4.78, 5) is 22.5. The van der Waals surface area contributed by atoms with E-state index in [4.69, 9.17) is 14.2 Å². The molecule has 2 aromatic rings. The van der Waals surface area contributed by atoms with Crippen LogP contribution in [-0.2, 0) is 19.1 Å². The van der Waals surface area contributed by atoms with E-state index in [0.717, 1.165) is 5.56 Å². The fourth-order valence-electron chi connectivity index (χ4n) is 2.09. The molecule has 0 atom stereocenters. The quantitative estimate of drug-likeness (QED) is 0.581. The number of rotatable bonds is 10. The lowest BCUT2D eigenvalue weighted by Crippen LogP contribution is -2.14. The standard InChI is InChI=1S/C21H22O7/c1-24-20(22)14-27-18-11-17(12-19(13-18)28-15-21(23)25-2)26-10-6-9-16-7-4-3-5-8-16/h3-9,11-13H,10,14-15H2,1-2H3. The Bertz CT molecular complexity index is 761. The zero-order chi connectivity index (χ0) is 20.2. The van der Waals surface area contributed by atoms with E-state index in [1.54, 1.807) is 18.2 Å². The average Bonchev–Trinajstić information content (AvgIpc) is 2.74. The summed E-state index contributed by atoms with van der Waals surface area (Å²) in [7, 11) is 2.55. The first kappa shape index (κ1) is 20.8. The van der Waals surface area contributed by atoms with E-state index in [1.165, 1.54) is 14.2 Å². The molecule has 0 amide bonds. The minimum absolute atomic E-state index is 0.260. The molecule has 0 saturated heterocycles. The van der Waals surface area contributed by atoms with Gasteiger partial charge in [-0.25, -0.2) is 9.59 Å². The van der Waals surface area contributed by atoms with Crippen molar-refractivity contribution in [2.45, 2.75) is 0 Å². The van der Waals surface area contributed by atoms with Crippen molar-refractivity contribution in [3.63, 3.8) is 0 Å². The first-order valence-electron chi connectivity index (χ1n) is 8.49. The first-order chi connectivity index (χ1) is 13.6. The highest BCUT2D eigenvalue weighted by Crippen LogP contribution is 2.28. The van der Waals surface area contributed by atoms with Gasteiger partial charge in [-0.3, -0.25) is 0 Å². The average molecular weight is 386 g/mol. The Hall–Kier alpha value is -3.48. The molecule has 0 bridgehead atoms. The molecule has 0 aliphatic heterocycles. The second-order valence-corrected chi connectivity index (χ2v) is 5.49. The molecule has 0 spiro atoms. The van der Waals surface area contributed by atoms with E-state index in [1.807, 2.05) is 42.5 Å². The molecule has 2 aromatic carbocycles. The molecule has 7 nitrogen and oxygen atoms in total. The van der Waals surface area contributed by atoms with Gasteiger partial charge in [0.05, 0.1) is 14.2 Å². The fraction of sp³-hybridized carbons (Fsp3) is 0.238. The van der Waals surface area contributed by atoms with E-state index in [2.05, 4.69) is 9.47 Å². The summed E-state index contributed by atoms with van der Waals surface area (Å²) in [5.74, 6) is 0.104. The van der Waals surface area contributed by atoms with Crippen molar-refractivity contribution in [2.75, 3.05) is 34.0 Å². The molecule has 148 valence electrons. The van der Waals surface area contributed by atoms with Gasteiger partial charge in [0.25, 0.3) is 0 Å². The Morgan fingerprint density at radius 2 is 1.29 bits per heavy atom. The minimum Gasteiger partial charge on any atom is -0.489 e. The zero-order valence-corrected chi connectivity index (χ0v) is 15.8. The Kier molecular flexibility index (Phi) is 8.39. The molecule has 2 rings (SSSR count). The summed E-state index contributed by atoms with van der Waals surface area (Å²) in [6.45, 7) is -0.208. The molecule has 0 aliphatic rings. The molecule has 0 N–H and O–H groups in total. The fourth-order valence-corrected chi connectivity index (χ4v) is 2.09. The van der Waals surface area contributed by atoms with Gasteiger partial charge in [0.2, 0.25) is 0 Å². The van der Waals surface area contributed by atoms with Crippen LogP contribution in [0, 0.1) is 0 Å². The Balaban J connectivity index is 2.03. The Morgan fingerprint density at radius 1 is 0.786 bits per heavy atom. The van der Waals surface area contributed by atoms with Crippen LogP contribution in [0.5, 0.6) is 17.2 Å². The zero-order valence-electron chi connectivity index (χ0n) is 15.8. The molecular formula is C21H22O7. The lowest BCUT2D eigenvalue weighted by molar-refractivity contribution is -0.143. The number of hydrogen-bond donors (Lipinski definition) is 0. The maximum Gasteiger partial charge on any atom is 0.343 e.